The zero-order chi connectivity index (χ0) is 15.2. The van der Waals surface area contributed by atoms with Crippen molar-refractivity contribution in [2.75, 3.05) is 23.5 Å². The number of aliphatic carboxylic acids is 1. The van der Waals surface area contributed by atoms with Crippen molar-refractivity contribution in [3.63, 3.8) is 0 Å². The summed E-state index contributed by atoms with van der Waals surface area (Å²) in [5.41, 5.74) is -0.821. The number of carboxylic acids is 1. The third-order valence-electron chi connectivity index (χ3n) is 3.39. The van der Waals surface area contributed by atoms with E-state index in [-0.39, 0.29) is 5.75 Å². The Morgan fingerprint density at radius 1 is 1.35 bits per heavy atom. The zero-order valence-corrected chi connectivity index (χ0v) is 13.9. The highest BCUT2D eigenvalue weighted by atomic mass is 32.2. The number of hydrogen-bond acceptors (Lipinski definition) is 5. The molecule has 1 unspecified atom stereocenters. The second kappa shape index (κ2) is 7.66. The van der Waals surface area contributed by atoms with Gasteiger partial charge in [-0.15, -0.1) is 0 Å². The number of carbonyl (C=O) groups is 1. The minimum absolute atomic E-state index is 0.216. The molecule has 1 aliphatic carbocycles. The van der Waals surface area contributed by atoms with Crippen LogP contribution in [0.3, 0.4) is 0 Å². The molecule has 5 nitrogen and oxygen atoms in total. The van der Waals surface area contributed by atoms with E-state index < -0.39 is 21.3 Å². The summed E-state index contributed by atoms with van der Waals surface area (Å²) in [5, 5.41) is 12.5. The van der Waals surface area contributed by atoms with Gasteiger partial charge >= 0.3 is 5.97 Å². The van der Waals surface area contributed by atoms with Crippen LogP contribution in [0.5, 0.6) is 0 Å². The molecule has 7 heteroatoms. The van der Waals surface area contributed by atoms with Crippen LogP contribution < -0.4 is 5.32 Å². The third-order valence-corrected chi connectivity index (χ3v) is 5.66. The first-order valence-electron chi connectivity index (χ1n) is 6.99. The topological polar surface area (TPSA) is 83.5 Å². The molecule has 1 saturated carbocycles. The highest BCUT2D eigenvalue weighted by molar-refractivity contribution is 8.00. The van der Waals surface area contributed by atoms with Crippen LogP contribution in [-0.2, 0) is 14.6 Å². The Morgan fingerprint density at radius 3 is 2.50 bits per heavy atom. The number of rotatable bonds is 11. The van der Waals surface area contributed by atoms with Crippen molar-refractivity contribution >= 4 is 27.6 Å². The van der Waals surface area contributed by atoms with Crippen LogP contribution in [0.25, 0.3) is 0 Å². The molecule has 0 bridgehead atoms. The van der Waals surface area contributed by atoms with E-state index >= 15 is 0 Å². The smallest absolute Gasteiger partial charge is 0.323 e. The van der Waals surface area contributed by atoms with E-state index in [9.17, 15) is 18.3 Å². The molecule has 20 heavy (non-hydrogen) atoms. The van der Waals surface area contributed by atoms with E-state index in [4.69, 9.17) is 0 Å². The monoisotopic (exact) mass is 323 g/mol. The molecular formula is C13H25NO4S2. The molecule has 0 aliphatic heterocycles. The normalized spacial score (nSPS) is 18.7. The Balaban J connectivity index is 2.13. The maximum atomic E-state index is 11.3. The van der Waals surface area contributed by atoms with E-state index in [2.05, 4.69) is 5.32 Å². The molecule has 0 aromatic rings. The van der Waals surface area contributed by atoms with Gasteiger partial charge in [-0.1, -0.05) is 6.42 Å². The van der Waals surface area contributed by atoms with Gasteiger partial charge in [-0.05, 0) is 38.4 Å². The number of carboxylic acid groups (broad SMARTS) is 1. The van der Waals surface area contributed by atoms with Gasteiger partial charge in [0.1, 0.15) is 15.4 Å². The van der Waals surface area contributed by atoms with Gasteiger partial charge in [-0.2, -0.15) is 11.8 Å². The van der Waals surface area contributed by atoms with Gasteiger partial charge in [0.05, 0.1) is 5.75 Å². The first kappa shape index (κ1) is 17.8. The average Bonchev–Trinajstić information content (AvgIpc) is 3.10. The van der Waals surface area contributed by atoms with Gasteiger partial charge < -0.3 is 5.11 Å². The van der Waals surface area contributed by atoms with Crippen LogP contribution >= 0.6 is 11.8 Å². The summed E-state index contributed by atoms with van der Waals surface area (Å²) in [5.74, 6) is 0.937. The van der Waals surface area contributed by atoms with Gasteiger partial charge in [0.15, 0.2) is 0 Å². The standard InChI is InChI=1S/C13H25NO4S2/c1-13(12(15)16,14-11-5-6-11)7-3-4-8-19-9-10-20(2,17)18/h11,14H,3-10H2,1-2H3,(H,15,16). The molecule has 0 radical (unpaired) electrons. The molecule has 0 amide bonds. The maximum Gasteiger partial charge on any atom is 0.323 e. The summed E-state index contributed by atoms with van der Waals surface area (Å²) in [6.07, 6.45) is 5.77. The van der Waals surface area contributed by atoms with Crippen LogP contribution in [0.4, 0.5) is 0 Å². The van der Waals surface area contributed by atoms with E-state index in [0.717, 1.165) is 31.4 Å². The first-order valence-corrected chi connectivity index (χ1v) is 10.2. The lowest BCUT2D eigenvalue weighted by Gasteiger charge is -2.26. The molecule has 0 aromatic carbocycles. The highest BCUT2D eigenvalue weighted by Gasteiger charge is 2.37. The van der Waals surface area contributed by atoms with Crippen LogP contribution in [0, 0.1) is 0 Å². The molecule has 1 atom stereocenters. The first-order chi connectivity index (χ1) is 9.23. The predicted octanol–water partition coefficient (Wildman–Crippen LogP) is 1.53. The molecule has 0 saturated heterocycles. The molecule has 2 N–H and O–H groups in total. The van der Waals surface area contributed by atoms with Crippen molar-refractivity contribution in [2.45, 2.75) is 50.6 Å². The summed E-state index contributed by atoms with van der Waals surface area (Å²) in [6.45, 7) is 1.75. The Morgan fingerprint density at radius 2 is 2.00 bits per heavy atom. The largest absolute Gasteiger partial charge is 0.480 e. The molecule has 0 spiro atoms. The van der Waals surface area contributed by atoms with Crippen molar-refractivity contribution in [3.8, 4) is 0 Å². The van der Waals surface area contributed by atoms with Gasteiger partial charge in [0, 0.05) is 18.1 Å². The number of sulfone groups is 1. The molecule has 0 aromatic heterocycles. The van der Waals surface area contributed by atoms with Crippen LogP contribution in [0.1, 0.15) is 39.0 Å². The summed E-state index contributed by atoms with van der Waals surface area (Å²) in [4.78, 5) is 11.3. The van der Waals surface area contributed by atoms with Crippen LogP contribution in [-0.4, -0.2) is 54.6 Å². The Labute approximate surface area is 125 Å². The molecular weight excluding hydrogens is 298 g/mol. The van der Waals surface area contributed by atoms with Crippen molar-refractivity contribution in [2.24, 2.45) is 0 Å². The van der Waals surface area contributed by atoms with E-state index in [1.165, 1.54) is 6.26 Å². The highest BCUT2D eigenvalue weighted by Crippen LogP contribution is 2.25. The Bertz CT molecular complexity index is 420. The number of nitrogens with one attached hydrogen (secondary N) is 1. The second-order valence-electron chi connectivity index (χ2n) is 5.76. The third kappa shape index (κ3) is 7.50. The summed E-state index contributed by atoms with van der Waals surface area (Å²) in [7, 11) is -2.87. The zero-order valence-electron chi connectivity index (χ0n) is 12.2. The minimum atomic E-state index is -2.87. The van der Waals surface area contributed by atoms with Crippen LogP contribution in [0.2, 0.25) is 0 Å². The summed E-state index contributed by atoms with van der Waals surface area (Å²) < 4.78 is 21.9. The Kier molecular flexibility index (Phi) is 6.81. The Hall–Kier alpha value is -0.270. The van der Waals surface area contributed by atoms with Crippen molar-refractivity contribution in [1.29, 1.82) is 0 Å². The lowest BCUT2D eigenvalue weighted by atomic mass is 9.95. The fraction of sp³-hybridized carbons (Fsp3) is 0.923. The van der Waals surface area contributed by atoms with Gasteiger partial charge in [-0.25, -0.2) is 8.42 Å². The van der Waals surface area contributed by atoms with Crippen molar-refractivity contribution < 1.29 is 18.3 Å². The molecule has 118 valence electrons. The molecule has 1 rings (SSSR count). The maximum absolute atomic E-state index is 11.3. The number of unbranched alkanes of at least 4 members (excludes halogenated alkanes) is 1. The van der Waals surface area contributed by atoms with E-state index in [1.54, 1.807) is 18.7 Å². The molecule has 1 aliphatic rings. The number of thioether (sulfide) groups is 1. The van der Waals surface area contributed by atoms with Crippen LogP contribution in [0.15, 0.2) is 0 Å². The molecule has 0 heterocycles. The SMILES string of the molecule is CC(CCCCSCCS(C)(=O)=O)(NC1CC1)C(=O)O. The number of hydrogen-bond donors (Lipinski definition) is 2. The quantitative estimate of drug-likeness (QED) is 0.561. The van der Waals surface area contributed by atoms with E-state index in [0.29, 0.717) is 18.2 Å². The lowest BCUT2D eigenvalue weighted by molar-refractivity contribution is -0.144. The van der Waals surface area contributed by atoms with E-state index in [1.807, 2.05) is 0 Å². The lowest BCUT2D eigenvalue weighted by Crippen LogP contribution is -2.50. The van der Waals surface area contributed by atoms with Gasteiger partial charge in [0.25, 0.3) is 0 Å². The minimum Gasteiger partial charge on any atom is -0.480 e. The summed E-state index contributed by atoms with van der Waals surface area (Å²) >= 11 is 1.62. The summed E-state index contributed by atoms with van der Waals surface area (Å²) in [6, 6.07) is 0.375. The van der Waals surface area contributed by atoms with Crippen molar-refractivity contribution in [3.05, 3.63) is 0 Å². The van der Waals surface area contributed by atoms with Crippen molar-refractivity contribution in [1.82, 2.24) is 5.32 Å². The predicted molar refractivity (Wildman–Crippen MR) is 83.1 cm³/mol. The fourth-order valence-electron chi connectivity index (χ4n) is 1.91. The van der Waals surface area contributed by atoms with Gasteiger partial charge in [0.2, 0.25) is 0 Å². The molecule has 1 fully saturated rings. The van der Waals surface area contributed by atoms with Gasteiger partial charge in [-0.3, -0.25) is 10.1 Å². The second-order valence-corrected chi connectivity index (χ2v) is 9.24. The average molecular weight is 323 g/mol. The fourth-order valence-corrected chi connectivity index (χ4v) is 4.21.